The van der Waals surface area contributed by atoms with Crippen LogP contribution >= 0.6 is 0 Å². The second-order valence-electron chi connectivity index (χ2n) is 8.58. The van der Waals surface area contributed by atoms with Crippen molar-refractivity contribution in [3.8, 4) is 11.5 Å². The molecule has 0 aliphatic carbocycles. The first-order chi connectivity index (χ1) is 16.3. The lowest BCUT2D eigenvalue weighted by atomic mass is 10.1. The van der Waals surface area contributed by atoms with Crippen LogP contribution in [-0.4, -0.2) is 52.5 Å². The van der Waals surface area contributed by atoms with Crippen LogP contribution in [0.5, 0.6) is 0 Å². The Balaban J connectivity index is 1.25. The first-order valence-electron chi connectivity index (χ1n) is 11.5. The van der Waals surface area contributed by atoms with Gasteiger partial charge >= 0.3 is 0 Å². The molecule has 0 spiro atoms. The molecule has 0 radical (unpaired) electrons. The molecule has 6 rings (SSSR count). The SMILES string of the molecule is c1ccc2cc(Cc3noc(-c4cn(CCN5CCOCC5)c5ccccc45)n3)ccc2c1. The van der Waals surface area contributed by atoms with Gasteiger partial charge in [0.1, 0.15) is 0 Å². The highest BCUT2D eigenvalue weighted by atomic mass is 16.5. The zero-order valence-corrected chi connectivity index (χ0v) is 18.5. The Kier molecular flexibility index (Phi) is 5.38. The smallest absolute Gasteiger partial charge is 0.260 e. The van der Waals surface area contributed by atoms with Crippen LogP contribution in [0.4, 0.5) is 0 Å². The van der Waals surface area contributed by atoms with Crippen LogP contribution in [-0.2, 0) is 17.7 Å². The van der Waals surface area contributed by atoms with Crippen molar-refractivity contribution in [2.75, 3.05) is 32.8 Å². The Morgan fingerprint density at radius 1 is 0.848 bits per heavy atom. The summed E-state index contributed by atoms with van der Waals surface area (Å²) in [6.45, 7) is 5.54. The number of ether oxygens (including phenoxy) is 1. The van der Waals surface area contributed by atoms with Gasteiger partial charge in [0.2, 0.25) is 0 Å². The topological polar surface area (TPSA) is 56.3 Å². The zero-order valence-electron chi connectivity index (χ0n) is 18.5. The minimum Gasteiger partial charge on any atom is -0.379 e. The quantitative estimate of drug-likeness (QED) is 0.382. The third-order valence-electron chi connectivity index (χ3n) is 6.42. The van der Waals surface area contributed by atoms with E-state index in [0.717, 1.165) is 50.3 Å². The summed E-state index contributed by atoms with van der Waals surface area (Å²) in [5.74, 6) is 1.28. The predicted octanol–water partition coefficient (Wildman–Crippen LogP) is 4.77. The number of hydrogen-bond acceptors (Lipinski definition) is 5. The molecule has 6 heteroatoms. The maximum absolute atomic E-state index is 5.72. The number of benzene rings is 3. The van der Waals surface area contributed by atoms with E-state index in [9.17, 15) is 0 Å². The first-order valence-corrected chi connectivity index (χ1v) is 11.5. The molecule has 0 unspecified atom stereocenters. The lowest BCUT2D eigenvalue weighted by Gasteiger charge is -2.26. The standard InChI is InChI=1S/C27H26N4O2/c1-2-6-22-17-20(9-10-21(22)5-1)18-26-28-27(33-29-26)24-19-31(25-8-4-3-7-23(24)25)12-11-30-13-15-32-16-14-30/h1-10,17,19H,11-16,18H2. The highest BCUT2D eigenvalue weighted by Gasteiger charge is 2.17. The van der Waals surface area contributed by atoms with E-state index < -0.39 is 0 Å². The molecule has 0 saturated carbocycles. The van der Waals surface area contributed by atoms with Crippen molar-refractivity contribution >= 4 is 21.7 Å². The predicted molar refractivity (Wildman–Crippen MR) is 129 cm³/mol. The van der Waals surface area contributed by atoms with Crippen molar-refractivity contribution < 1.29 is 9.26 Å². The number of nitrogens with zero attached hydrogens (tertiary/aromatic N) is 4. The van der Waals surface area contributed by atoms with Gasteiger partial charge in [-0.2, -0.15) is 4.98 Å². The van der Waals surface area contributed by atoms with Crippen LogP contribution < -0.4 is 0 Å². The highest BCUT2D eigenvalue weighted by Crippen LogP contribution is 2.30. The van der Waals surface area contributed by atoms with Crippen molar-refractivity contribution in [3.05, 3.63) is 84.3 Å². The van der Waals surface area contributed by atoms with Crippen LogP contribution in [0.3, 0.4) is 0 Å². The minimum atomic E-state index is 0.576. The van der Waals surface area contributed by atoms with Crippen molar-refractivity contribution in [3.63, 3.8) is 0 Å². The Hall–Kier alpha value is -3.48. The Labute approximate surface area is 192 Å². The summed E-state index contributed by atoms with van der Waals surface area (Å²) in [6.07, 6.45) is 2.79. The van der Waals surface area contributed by atoms with Gasteiger partial charge in [0, 0.05) is 49.7 Å². The molecule has 1 saturated heterocycles. The molecule has 2 aromatic heterocycles. The fraction of sp³-hybridized carbons (Fsp3) is 0.259. The summed E-state index contributed by atoms with van der Waals surface area (Å²) in [6, 6.07) is 23.3. The molecule has 0 atom stereocenters. The molecular formula is C27H26N4O2. The zero-order chi connectivity index (χ0) is 22.0. The molecule has 0 bridgehead atoms. The lowest BCUT2D eigenvalue weighted by Crippen LogP contribution is -2.38. The van der Waals surface area contributed by atoms with Gasteiger partial charge in [0.25, 0.3) is 5.89 Å². The van der Waals surface area contributed by atoms with E-state index in [1.165, 1.54) is 21.9 Å². The monoisotopic (exact) mass is 438 g/mol. The van der Waals surface area contributed by atoms with E-state index in [1.54, 1.807) is 0 Å². The highest BCUT2D eigenvalue weighted by molar-refractivity contribution is 5.94. The third-order valence-corrected chi connectivity index (χ3v) is 6.42. The van der Waals surface area contributed by atoms with Gasteiger partial charge in [-0.15, -0.1) is 0 Å². The average Bonchev–Trinajstić information content (AvgIpc) is 3.48. The van der Waals surface area contributed by atoms with Gasteiger partial charge in [-0.1, -0.05) is 65.8 Å². The number of hydrogen-bond donors (Lipinski definition) is 0. The first kappa shape index (κ1) is 20.1. The average molecular weight is 439 g/mol. The van der Waals surface area contributed by atoms with Gasteiger partial charge in [-0.05, 0) is 22.4 Å². The van der Waals surface area contributed by atoms with E-state index in [4.69, 9.17) is 14.2 Å². The summed E-state index contributed by atoms with van der Waals surface area (Å²) in [5.41, 5.74) is 3.36. The Morgan fingerprint density at radius 2 is 1.67 bits per heavy atom. The molecule has 1 aliphatic heterocycles. The normalized spacial score (nSPS) is 14.9. The molecule has 33 heavy (non-hydrogen) atoms. The molecule has 0 amide bonds. The van der Waals surface area contributed by atoms with Crippen LogP contribution in [0.1, 0.15) is 11.4 Å². The largest absolute Gasteiger partial charge is 0.379 e. The van der Waals surface area contributed by atoms with E-state index in [-0.39, 0.29) is 0 Å². The Bertz CT molecular complexity index is 1400. The maximum atomic E-state index is 5.72. The number of fused-ring (bicyclic) bond motifs is 2. The molecule has 5 aromatic rings. The lowest BCUT2D eigenvalue weighted by molar-refractivity contribution is 0.0365. The fourth-order valence-electron chi connectivity index (χ4n) is 4.64. The summed E-state index contributed by atoms with van der Waals surface area (Å²) in [5, 5.41) is 7.89. The second kappa shape index (κ2) is 8.81. The number of aromatic nitrogens is 3. The molecular weight excluding hydrogens is 412 g/mol. The van der Waals surface area contributed by atoms with Gasteiger partial charge in [-0.3, -0.25) is 4.90 Å². The fourth-order valence-corrected chi connectivity index (χ4v) is 4.64. The van der Waals surface area contributed by atoms with E-state index >= 15 is 0 Å². The molecule has 1 aliphatic rings. The van der Waals surface area contributed by atoms with Crippen molar-refractivity contribution in [2.45, 2.75) is 13.0 Å². The van der Waals surface area contributed by atoms with E-state index in [0.29, 0.717) is 18.1 Å². The van der Waals surface area contributed by atoms with Crippen LogP contribution in [0.15, 0.2) is 77.4 Å². The van der Waals surface area contributed by atoms with Gasteiger partial charge in [0.05, 0.1) is 18.8 Å². The van der Waals surface area contributed by atoms with Gasteiger partial charge < -0.3 is 13.8 Å². The molecule has 1 fully saturated rings. The van der Waals surface area contributed by atoms with Crippen LogP contribution in [0, 0.1) is 0 Å². The van der Waals surface area contributed by atoms with Gasteiger partial charge in [-0.25, -0.2) is 0 Å². The molecule has 0 N–H and O–H groups in total. The molecule has 3 heterocycles. The van der Waals surface area contributed by atoms with Crippen molar-refractivity contribution in [2.24, 2.45) is 0 Å². The van der Waals surface area contributed by atoms with Crippen molar-refractivity contribution in [1.29, 1.82) is 0 Å². The van der Waals surface area contributed by atoms with E-state index in [1.807, 2.05) is 0 Å². The second-order valence-corrected chi connectivity index (χ2v) is 8.58. The molecule has 6 nitrogen and oxygen atoms in total. The molecule has 166 valence electrons. The molecule has 3 aromatic carbocycles. The minimum absolute atomic E-state index is 0.576. The summed E-state index contributed by atoms with van der Waals surface area (Å²) >= 11 is 0. The number of morpholine rings is 1. The maximum Gasteiger partial charge on any atom is 0.260 e. The summed E-state index contributed by atoms with van der Waals surface area (Å²) < 4.78 is 13.5. The summed E-state index contributed by atoms with van der Waals surface area (Å²) in [4.78, 5) is 7.20. The Morgan fingerprint density at radius 3 is 2.58 bits per heavy atom. The van der Waals surface area contributed by atoms with Gasteiger partial charge in [0.15, 0.2) is 5.82 Å². The van der Waals surface area contributed by atoms with E-state index in [2.05, 4.69) is 87.6 Å². The number of rotatable bonds is 6. The third kappa shape index (κ3) is 4.15. The van der Waals surface area contributed by atoms with Crippen LogP contribution in [0.25, 0.3) is 33.1 Å². The van der Waals surface area contributed by atoms with Crippen LogP contribution in [0.2, 0.25) is 0 Å². The number of para-hydroxylation sites is 1. The van der Waals surface area contributed by atoms with Crippen molar-refractivity contribution in [1.82, 2.24) is 19.6 Å². The summed E-state index contributed by atoms with van der Waals surface area (Å²) in [7, 11) is 0.